The van der Waals surface area contributed by atoms with Crippen LogP contribution in [0, 0.1) is 0 Å². The number of rotatable bonds is 4. The van der Waals surface area contributed by atoms with Gasteiger partial charge in [-0.1, -0.05) is 43.7 Å². The molecule has 1 N–H and O–H groups in total. The van der Waals surface area contributed by atoms with Crippen LogP contribution in [0.5, 0.6) is 11.5 Å². The fraction of sp³-hybridized carbons (Fsp3) is 0.400. The maximum atomic E-state index is 12.4. The van der Waals surface area contributed by atoms with Gasteiger partial charge in [-0.25, -0.2) is 0 Å². The fourth-order valence-corrected chi connectivity index (χ4v) is 2.88. The van der Waals surface area contributed by atoms with Gasteiger partial charge in [0.05, 0.1) is 19.2 Å². The summed E-state index contributed by atoms with van der Waals surface area (Å²) in [6.45, 7) is 6.10. The van der Waals surface area contributed by atoms with Gasteiger partial charge in [-0.3, -0.25) is 10.1 Å². The molecular weight excluding hydrogens is 338 g/mol. The molecule has 1 heterocycles. The van der Waals surface area contributed by atoms with E-state index in [0.717, 1.165) is 5.01 Å². The number of methoxy groups -OCH3 is 2. The smallest absolute Gasteiger partial charge is 0.257 e. The third-order valence-electron chi connectivity index (χ3n) is 2.98. The Bertz CT molecular complexity index is 725. The van der Waals surface area contributed by atoms with E-state index < -0.39 is 0 Å². The van der Waals surface area contributed by atoms with Gasteiger partial charge in [0.2, 0.25) is 5.13 Å². The molecule has 1 amide bonds. The minimum absolute atomic E-state index is 0.118. The SMILES string of the molecule is COc1cc(C(=O)Nc2nnc(C(C)(C)C)s2)cc(Cl)c1OC. The normalized spacial score (nSPS) is 11.2. The Morgan fingerprint density at radius 3 is 2.43 bits per heavy atom. The second-order valence-corrected chi connectivity index (χ2v) is 7.19. The van der Waals surface area contributed by atoms with E-state index in [1.807, 2.05) is 20.8 Å². The second-order valence-electron chi connectivity index (χ2n) is 5.81. The van der Waals surface area contributed by atoms with Crippen molar-refractivity contribution in [1.29, 1.82) is 0 Å². The van der Waals surface area contributed by atoms with Gasteiger partial charge in [-0.05, 0) is 12.1 Å². The number of nitrogens with zero attached hydrogens (tertiary/aromatic N) is 2. The molecule has 23 heavy (non-hydrogen) atoms. The summed E-state index contributed by atoms with van der Waals surface area (Å²) in [5.41, 5.74) is 0.230. The summed E-state index contributed by atoms with van der Waals surface area (Å²) in [5, 5.41) is 12.4. The van der Waals surface area contributed by atoms with Gasteiger partial charge >= 0.3 is 0 Å². The molecule has 0 aliphatic rings. The molecule has 6 nitrogen and oxygen atoms in total. The molecule has 124 valence electrons. The maximum absolute atomic E-state index is 12.4. The molecule has 0 aliphatic carbocycles. The first-order chi connectivity index (χ1) is 10.8. The van der Waals surface area contributed by atoms with Crippen LogP contribution < -0.4 is 14.8 Å². The molecule has 0 saturated heterocycles. The van der Waals surface area contributed by atoms with Crippen molar-refractivity contribution in [3.63, 3.8) is 0 Å². The third-order valence-corrected chi connectivity index (χ3v) is 4.53. The average molecular weight is 356 g/mol. The Labute approximate surface area is 143 Å². The minimum atomic E-state index is -0.343. The number of nitrogens with one attached hydrogen (secondary N) is 1. The Morgan fingerprint density at radius 1 is 1.22 bits per heavy atom. The summed E-state index contributed by atoms with van der Waals surface area (Å²) in [6, 6.07) is 3.08. The van der Waals surface area contributed by atoms with Crippen LogP contribution >= 0.6 is 22.9 Å². The van der Waals surface area contributed by atoms with E-state index in [1.54, 1.807) is 6.07 Å². The number of aromatic nitrogens is 2. The standard InChI is InChI=1S/C15H18ClN3O3S/c1-15(2,3)13-18-19-14(23-13)17-12(20)8-6-9(16)11(22-5)10(7-8)21-4/h6-7H,1-5H3,(H,17,19,20). The van der Waals surface area contributed by atoms with Crippen molar-refractivity contribution < 1.29 is 14.3 Å². The Morgan fingerprint density at radius 2 is 1.91 bits per heavy atom. The Hall–Kier alpha value is -1.86. The van der Waals surface area contributed by atoms with Crippen LogP contribution in [-0.2, 0) is 5.41 Å². The van der Waals surface area contributed by atoms with Crippen LogP contribution in [0.4, 0.5) is 5.13 Å². The molecule has 0 saturated carbocycles. The zero-order valence-electron chi connectivity index (χ0n) is 13.6. The molecule has 1 aromatic carbocycles. The van der Waals surface area contributed by atoms with Gasteiger partial charge in [0.25, 0.3) is 5.91 Å². The molecule has 2 rings (SSSR count). The molecular formula is C15H18ClN3O3S. The first-order valence-electron chi connectivity index (χ1n) is 6.83. The van der Waals surface area contributed by atoms with E-state index in [2.05, 4.69) is 15.5 Å². The predicted octanol–water partition coefficient (Wildman–Crippen LogP) is 3.76. The summed E-state index contributed by atoms with van der Waals surface area (Å²) in [6.07, 6.45) is 0. The highest BCUT2D eigenvalue weighted by Crippen LogP contribution is 2.36. The molecule has 0 spiro atoms. The number of anilines is 1. The number of ether oxygens (including phenoxy) is 2. The number of hydrogen-bond acceptors (Lipinski definition) is 6. The Kier molecular flexibility index (Phi) is 5.11. The lowest BCUT2D eigenvalue weighted by Crippen LogP contribution is -2.12. The largest absolute Gasteiger partial charge is 0.493 e. The van der Waals surface area contributed by atoms with E-state index in [4.69, 9.17) is 21.1 Å². The van der Waals surface area contributed by atoms with E-state index in [0.29, 0.717) is 27.2 Å². The first-order valence-corrected chi connectivity index (χ1v) is 8.02. The number of carbonyl (C=O) groups is 1. The summed E-state index contributed by atoms with van der Waals surface area (Å²) < 4.78 is 10.3. The zero-order chi connectivity index (χ0) is 17.2. The summed E-state index contributed by atoms with van der Waals surface area (Å²) >= 11 is 7.46. The summed E-state index contributed by atoms with van der Waals surface area (Å²) in [5.74, 6) is 0.430. The van der Waals surface area contributed by atoms with Gasteiger partial charge in [-0.15, -0.1) is 10.2 Å². The monoisotopic (exact) mass is 355 g/mol. The van der Waals surface area contributed by atoms with Gasteiger partial charge in [0, 0.05) is 11.0 Å². The number of amides is 1. The van der Waals surface area contributed by atoms with Crippen molar-refractivity contribution in [2.75, 3.05) is 19.5 Å². The second kappa shape index (κ2) is 6.72. The van der Waals surface area contributed by atoms with Crippen molar-refractivity contribution in [1.82, 2.24) is 10.2 Å². The van der Waals surface area contributed by atoms with Crippen LogP contribution in [0.2, 0.25) is 5.02 Å². The van der Waals surface area contributed by atoms with Crippen molar-refractivity contribution >= 4 is 34.0 Å². The van der Waals surface area contributed by atoms with Crippen LogP contribution in [0.3, 0.4) is 0 Å². The predicted molar refractivity (Wildman–Crippen MR) is 91.1 cm³/mol. The molecule has 0 atom stereocenters. The first kappa shape index (κ1) is 17.5. The number of hydrogen-bond donors (Lipinski definition) is 1. The quantitative estimate of drug-likeness (QED) is 0.903. The number of benzene rings is 1. The topological polar surface area (TPSA) is 73.3 Å². The number of carbonyl (C=O) groups excluding carboxylic acids is 1. The highest BCUT2D eigenvalue weighted by Gasteiger charge is 2.21. The van der Waals surface area contributed by atoms with Gasteiger partial charge in [0.15, 0.2) is 11.5 Å². The molecule has 0 radical (unpaired) electrons. The zero-order valence-corrected chi connectivity index (χ0v) is 15.1. The molecule has 0 bridgehead atoms. The number of halogens is 1. The van der Waals surface area contributed by atoms with Crippen LogP contribution in [-0.4, -0.2) is 30.3 Å². The lowest BCUT2D eigenvalue weighted by Gasteiger charge is -2.12. The Balaban J connectivity index is 2.24. The molecule has 0 aliphatic heterocycles. The third kappa shape index (κ3) is 3.92. The van der Waals surface area contributed by atoms with Crippen LogP contribution in [0.1, 0.15) is 36.1 Å². The molecule has 8 heteroatoms. The summed E-state index contributed by atoms with van der Waals surface area (Å²) in [4.78, 5) is 12.4. The van der Waals surface area contributed by atoms with Gasteiger partial charge in [-0.2, -0.15) is 0 Å². The van der Waals surface area contributed by atoms with Crippen molar-refractivity contribution in [3.05, 3.63) is 27.7 Å². The lowest BCUT2D eigenvalue weighted by atomic mass is 9.98. The average Bonchev–Trinajstić information content (AvgIpc) is 2.94. The van der Waals surface area contributed by atoms with Crippen molar-refractivity contribution in [2.45, 2.75) is 26.2 Å². The van der Waals surface area contributed by atoms with Gasteiger partial charge in [0.1, 0.15) is 5.01 Å². The fourth-order valence-electron chi connectivity index (χ4n) is 1.80. The van der Waals surface area contributed by atoms with Crippen LogP contribution in [0.25, 0.3) is 0 Å². The molecule has 1 aromatic heterocycles. The summed E-state index contributed by atoms with van der Waals surface area (Å²) in [7, 11) is 2.97. The van der Waals surface area contributed by atoms with Gasteiger partial charge < -0.3 is 9.47 Å². The van der Waals surface area contributed by atoms with Crippen LogP contribution in [0.15, 0.2) is 12.1 Å². The van der Waals surface area contributed by atoms with Crippen molar-refractivity contribution in [2.24, 2.45) is 0 Å². The molecule has 0 unspecified atom stereocenters. The highest BCUT2D eigenvalue weighted by molar-refractivity contribution is 7.15. The van der Waals surface area contributed by atoms with E-state index in [-0.39, 0.29) is 11.3 Å². The maximum Gasteiger partial charge on any atom is 0.257 e. The molecule has 2 aromatic rings. The molecule has 0 fully saturated rings. The van der Waals surface area contributed by atoms with E-state index >= 15 is 0 Å². The van der Waals surface area contributed by atoms with E-state index in [1.165, 1.54) is 31.6 Å². The highest BCUT2D eigenvalue weighted by atomic mass is 35.5. The lowest BCUT2D eigenvalue weighted by molar-refractivity contribution is 0.102. The van der Waals surface area contributed by atoms with Crippen molar-refractivity contribution in [3.8, 4) is 11.5 Å². The van der Waals surface area contributed by atoms with E-state index in [9.17, 15) is 4.79 Å². The minimum Gasteiger partial charge on any atom is -0.493 e.